The molecule has 2 N–H and O–H groups in total. The Morgan fingerprint density at radius 1 is 1.06 bits per heavy atom. The number of carbonyl (C=O) groups excluding carboxylic acids is 2. The van der Waals surface area contributed by atoms with Gasteiger partial charge >= 0.3 is 6.09 Å². The van der Waals surface area contributed by atoms with Crippen LogP contribution in [-0.2, 0) is 32.1 Å². The highest BCUT2D eigenvalue weighted by Gasteiger charge is 2.27. The van der Waals surface area contributed by atoms with Gasteiger partial charge in [0.1, 0.15) is 12.4 Å². The number of nitrogens with one attached hydrogen (secondary N) is 2. The molecule has 0 bridgehead atoms. The minimum Gasteiger partial charge on any atom is -0.480 e. The Bertz CT molecular complexity index is 898. The van der Waals surface area contributed by atoms with Gasteiger partial charge in [0.15, 0.2) is 12.4 Å². The molecule has 31 heavy (non-hydrogen) atoms. The summed E-state index contributed by atoms with van der Waals surface area (Å²) in [6, 6.07) is 14.8. The molecule has 2 atom stereocenters. The lowest BCUT2D eigenvalue weighted by molar-refractivity contribution is -0.203. The van der Waals surface area contributed by atoms with Crippen LogP contribution in [0.1, 0.15) is 36.8 Å². The van der Waals surface area contributed by atoms with Crippen molar-refractivity contribution < 1.29 is 28.6 Å². The monoisotopic (exact) mass is 426 g/mol. The Kier molecular flexibility index (Phi) is 7.01. The molecule has 0 aliphatic carbocycles. The SMILES string of the molecule is O=C(Nc1ccc2c(c1)CCC(C(=O)NOC1CCCCO1)O2)OCc1ccccc1. The van der Waals surface area contributed by atoms with Crippen molar-refractivity contribution in [1.82, 2.24) is 5.48 Å². The summed E-state index contributed by atoms with van der Waals surface area (Å²) in [6.07, 6.45) is 2.38. The Morgan fingerprint density at radius 2 is 1.94 bits per heavy atom. The van der Waals surface area contributed by atoms with Gasteiger partial charge in [-0.15, -0.1) is 0 Å². The molecule has 8 nitrogen and oxygen atoms in total. The van der Waals surface area contributed by atoms with Crippen LogP contribution in [0.4, 0.5) is 10.5 Å². The summed E-state index contributed by atoms with van der Waals surface area (Å²) < 4.78 is 16.5. The third kappa shape index (κ3) is 5.96. The summed E-state index contributed by atoms with van der Waals surface area (Å²) in [6.45, 7) is 0.843. The Balaban J connectivity index is 1.26. The molecule has 0 radical (unpaired) electrons. The molecule has 2 unspecified atom stereocenters. The maximum Gasteiger partial charge on any atom is 0.411 e. The fraction of sp³-hybridized carbons (Fsp3) is 0.391. The average molecular weight is 426 g/mol. The largest absolute Gasteiger partial charge is 0.480 e. The highest BCUT2D eigenvalue weighted by Crippen LogP contribution is 2.30. The number of rotatable bonds is 6. The minimum absolute atomic E-state index is 0.200. The summed E-state index contributed by atoms with van der Waals surface area (Å²) in [5.41, 5.74) is 4.90. The number of hydrogen-bond acceptors (Lipinski definition) is 6. The standard InChI is InChI=1S/C23H26N2O6/c26-22(25-31-21-8-4-5-13-28-21)20-11-9-17-14-18(10-12-19(17)30-20)24-23(27)29-15-16-6-2-1-3-7-16/h1-3,6-7,10,12,14,20-21H,4-5,8-9,11,13,15H2,(H,24,27)(H,25,26). The van der Waals surface area contributed by atoms with Gasteiger partial charge in [-0.2, -0.15) is 0 Å². The summed E-state index contributed by atoms with van der Waals surface area (Å²) >= 11 is 0. The van der Waals surface area contributed by atoms with Crippen LogP contribution in [0.5, 0.6) is 5.75 Å². The number of benzene rings is 2. The quantitative estimate of drug-likeness (QED) is 0.684. The highest BCUT2D eigenvalue weighted by atomic mass is 16.8. The molecule has 2 aromatic carbocycles. The lowest BCUT2D eigenvalue weighted by Gasteiger charge is -2.27. The number of fused-ring (bicyclic) bond motifs is 1. The molecule has 2 heterocycles. The van der Waals surface area contributed by atoms with Crippen molar-refractivity contribution >= 4 is 17.7 Å². The van der Waals surface area contributed by atoms with Gasteiger partial charge in [0.25, 0.3) is 5.91 Å². The second kappa shape index (κ2) is 10.3. The van der Waals surface area contributed by atoms with E-state index in [1.807, 2.05) is 36.4 Å². The predicted octanol–water partition coefficient (Wildman–Crippen LogP) is 3.70. The van der Waals surface area contributed by atoms with Crippen LogP contribution in [-0.4, -0.2) is 31.0 Å². The van der Waals surface area contributed by atoms with Gasteiger partial charge in [-0.1, -0.05) is 30.3 Å². The van der Waals surface area contributed by atoms with Crippen LogP contribution >= 0.6 is 0 Å². The van der Waals surface area contributed by atoms with E-state index in [-0.39, 0.29) is 12.5 Å². The second-order valence-corrected chi connectivity index (χ2v) is 7.53. The van der Waals surface area contributed by atoms with Crippen molar-refractivity contribution in [1.29, 1.82) is 0 Å². The van der Waals surface area contributed by atoms with Crippen LogP contribution in [0, 0.1) is 0 Å². The molecular formula is C23H26N2O6. The van der Waals surface area contributed by atoms with Crippen molar-refractivity contribution in [3.8, 4) is 5.75 Å². The van der Waals surface area contributed by atoms with E-state index >= 15 is 0 Å². The van der Waals surface area contributed by atoms with E-state index in [4.69, 9.17) is 19.0 Å². The molecule has 0 spiro atoms. The molecule has 0 aromatic heterocycles. The number of aryl methyl sites for hydroxylation is 1. The molecule has 2 aliphatic heterocycles. The fourth-order valence-corrected chi connectivity index (χ4v) is 3.52. The number of amides is 2. The number of anilines is 1. The summed E-state index contributed by atoms with van der Waals surface area (Å²) in [4.78, 5) is 29.8. The number of hydrogen-bond donors (Lipinski definition) is 2. The first-order chi connectivity index (χ1) is 15.2. The van der Waals surface area contributed by atoms with Crippen molar-refractivity contribution in [2.24, 2.45) is 0 Å². The average Bonchev–Trinajstić information content (AvgIpc) is 2.82. The summed E-state index contributed by atoms with van der Waals surface area (Å²) in [5, 5.41) is 2.72. The Hall–Kier alpha value is -3.10. The highest BCUT2D eigenvalue weighted by molar-refractivity contribution is 5.85. The zero-order valence-corrected chi connectivity index (χ0v) is 17.2. The molecule has 2 amide bonds. The van der Waals surface area contributed by atoms with Gasteiger partial charge in [0.2, 0.25) is 0 Å². The third-order valence-electron chi connectivity index (χ3n) is 5.19. The van der Waals surface area contributed by atoms with Gasteiger partial charge < -0.3 is 14.2 Å². The van der Waals surface area contributed by atoms with E-state index in [1.165, 1.54) is 0 Å². The van der Waals surface area contributed by atoms with Gasteiger partial charge in [-0.05, 0) is 55.0 Å². The van der Waals surface area contributed by atoms with E-state index in [9.17, 15) is 9.59 Å². The van der Waals surface area contributed by atoms with Gasteiger partial charge in [0.05, 0.1) is 0 Å². The van der Waals surface area contributed by atoms with Crippen LogP contribution in [0.2, 0.25) is 0 Å². The van der Waals surface area contributed by atoms with Gasteiger partial charge in [-0.3, -0.25) is 10.1 Å². The van der Waals surface area contributed by atoms with Crippen LogP contribution in [0.15, 0.2) is 48.5 Å². The second-order valence-electron chi connectivity index (χ2n) is 7.53. The summed E-state index contributed by atoms with van der Waals surface area (Å²) in [7, 11) is 0. The number of hydroxylamine groups is 1. The van der Waals surface area contributed by atoms with Crippen molar-refractivity contribution in [2.45, 2.75) is 51.1 Å². The third-order valence-corrected chi connectivity index (χ3v) is 5.19. The van der Waals surface area contributed by atoms with E-state index in [0.717, 1.165) is 30.4 Å². The van der Waals surface area contributed by atoms with Crippen molar-refractivity contribution in [3.63, 3.8) is 0 Å². The fourth-order valence-electron chi connectivity index (χ4n) is 3.52. The molecule has 2 aliphatic rings. The molecular weight excluding hydrogens is 400 g/mol. The smallest absolute Gasteiger partial charge is 0.411 e. The molecule has 2 aromatic rings. The molecule has 4 rings (SSSR count). The first-order valence-electron chi connectivity index (χ1n) is 10.5. The maximum absolute atomic E-state index is 12.4. The Morgan fingerprint density at radius 3 is 2.74 bits per heavy atom. The number of carbonyl (C=O) groups is 2. The van der Waals surface area contributed by atoms with Crippen molar-refractivity contribution in [2.75, 3.05) is 11.9 Å². The van der Waals surface area contributed by atoms with E-state index in [1.54, 1.807) is 12.1 Å². The van der Waals surface area contributed by atoms with E-state index in [0.29, 0.717) is 30.9 Å². The molecule has 0 saturated carbocycles. The zero-order valence-electron chi connectivity index (χ0n) is 17.2. The first-order valence-corrected chi connectivity index (χ1v) is 10.5. The zero-order chi connectivity index (χ0) is 21.5. The lowest BCUT2D eigenvalue weighted by atomic mass is 10.0. The summed E-state index contributed by atoms with van der Waals surface area (Å²) in [5.74, 6) is 0.287. The van der Waals surface area contributed by atoms with Crippen molar-refractivity contribution in [3.05, 3.63) is 59.7 Å². The van der Waals surface area contributed by atoms with E-state index in [2.05, 4.69) is 10.8 Å². The predicted molar refractivity (Wildman–Crippen MR) is 112 cm³/mol. The van der Waals surface area contributed by atoms with Crippen LogP contribution in [0.25, 0.3) is 0 Å². The molecule has 8 heteroatoms. The molecule has 1 fully saturated rings. The van der Waals surface area contributed by atoms with E-state index < -0.39 is 18.5 Å². The molecule has 164 valence electrons. The normalized spacial score (nSPS) is 20.1. The van der Waals surface area contributed by atoms with Gasteiger partial charge in [0, 0.05) is 18.7 Å². The topological polar surface area (TPSA) is 95.1 Å². The lowest BCUT2D eigenvalue weighted by Crippen LogP contribution is -2.42. The maximum atomic E-state index is 12.4. The van der Waals surface area contributed by atoms with Gasteiger partial charge in [-0.25, -0.2) is 15.1 Å². The molecule has 1 saturated heterocycles. The first kappa shape index (κ1) is 21.1. The Labute approximate surface area is 180 Å². The minimum atomic E-state index is -0.634. The number of ether oxygens (including phenoxy) is 3. The van der Waals surface area contributed by atoms with Crippen LogP contribution < -0.4 is 15.5 Å². The van der Waals surface area contributed by atoms with Crippen LogP contribution in [0.3, 0.4) is 0 Å².